The number of alkyl halides is 12. The highest BCUT2D eigenvalue weighted by molar-refractivity contribution is 5.77. The van der Waals surface area contributed by atoms with E-state index < -0.39 is 113 Å². The van der Waals surface area contributed by atoms with Crippen LogP contribution in [0.25, 0.3) is 0 Å². The average molecular weight is 1030 g/mol. The predicted octanol–water partition coefficient (Wildman–Crippen LogP) is 12.7. The van der Waals surface area contributed by atoms with Crippen LogP contribution in [0.3, 0.4) is 0 Å². The zero-order valence-electron chi connectivity index (χ0n) is 36.8. The summed E-state index contributed by atoms with van der Waals surface area (Å²) in [5.41, 5.74) is -7.49. The summed E-state index contributed by atoms with van der Waals surface area (Å²) in [4.78, 5) is 25.2. The molecule has 6 rings (SSSR count). The molecule has 5 N–H and O–H groups in total. The standard InChI is InChI=1S/C25H20F8N2O.C24H18F8N2O2/c1-15-9-18(11-19(26)10-15)23(13-16-5-3-2-4-6-16,35-22(36)34-14-24(28,29)30)17-7-8-21(27)20(12-17)25(31,32)33;25-17-8-16(9-18(35)11-17)22(12-14-4-2-1-3-5-14,34-21(36)33-13-23(27,28)29)15-6-7-20(26)19(10-15)24(30,31)32/h2-12H,13-14H2,1H3,(H2,34,35,36);1-11,35H,12-13H2,(H2,33,34,36)/t23-;22-/m11/s1. The zero-order valence-corrected chi connectivity index (χ0v) is 36.8. The normalized spacial score (nSPS) is 13.7. The largest absolute Gasteiger partial charge is 0.508 e. The van der Waals surface area contributed by atoms with Crippen molar-refractivity contribution in [3.05, 3.63) is 207 Å². The minimum Gasteiger partial charge on any atom is -0.508 e. The highest BCUT2D eigenvalue weighted by Crippen LogP contribution is 2.42. The van der Waals surface area contributed by atoms with Crippen molar-refractivity contribution < 1.29 is 84.9 Å². The van der Waals surface area contributed by atoms with E-state index in [0.29, 0.717) is 47.0 Å². The molecule has 6 aromatic carbocycles. The van der Waals surface area contributed by atoms with Crippen molar-refractivity contribution in [3.63, 3.8) is 0 Å². The number of benzene rings is 6. The van der Waals surface area contributed by atoms with E-state index in [9.17, 15) is 84.9 Å². The minimum absolute atomic E-state index is 0.0502. The molecule has 0 aliphatic heterocycles. The van der Waals surface area contributed by atoms with Crippen LogP contribution in [-0.2, 0) is 36.3 Å². The van der Waals surface area contributed by atoms with Crippen LogP contribution in [0.4, 0.5) is 79.8 Å². The zero-order chi connectivity index (χ0) is 53.5. The lowest BCUT2D eigenvalue weighted by molar-refractivity contribution is -0.140. The van der Waals surface area contributed by atoms with Crippen LogP contribution < -0.4 is 21.3 Å². The third-order valence-electron chi connectivity index (χ3n) is 10.6. The highest BCUT2D eigenvalue weighted by atomic mass is 19.4. The van der Waals surface area contributed by atoms with E-state index in [4.69, 9.17) is 0 Å². The van der Waals surface area contributed by atoms with Crippen molar-refractivity contribution in [2.45, 2.75) is 55.5 Å². The summed E-state index contributed by atoms with van der Waals surface area (Å²) in [6, 6.07) is 22.5. The number of phenolic OH excluding ortho intramolecular Hbond substituents is 1. The molecule has 0 aliphatic rings. The molecule has 0 saturated heterocycles. The molecule has 23 heteroatoms. The van der Waals surface area contributed by atoms with E-state index in [2.05, 4.69) is 10.6 Å². The number of halogens is 16. The maximum Gasteiger partial charge on any atom is 0.419 e. The Balaban J connectivity index is 0.000000267. The molecule has 0 aromatic heterocycles. The van der Waals surface area contributed by atoms with E-state index in [1.807, 2.05) is 0 Å². The molecule has 4 amide bonds. The maximum atomic E-state index is 14.5. The Kier molecular flexibility index (Phi) is 16.9. The first-order valence-electron chi connectivity index (χ1n) is 20.7. The van der Waals surface area contributed by atoms with Crippen LogP contribution in [0.1, 0.15) is 50.1 Å². The van der Waals surface area contributed by atoms with Gasteiger partial charge in [0.2, 0.25) is 0 Å². The Hall–Kier alpha value is -7.46. The molecule has 384 valence electrons. The van der Waals surface area contributed by atoms with Gasteiger partial charge in [0.15, 0.2) is 0 Å². The fourth-order valence-corrected chi connectivity index (χ4v) is 7.58. The van der Waals surface area contributed by atoms with Gasteiger partial charge in [-0.15, -0.1) is 0 Å². The molecule has 0 heterocycles. The first kappa shape index (κ1) is 55.5. The highest BCUT2D eigenvalue weighted by Gasteiger charge is 2.44. The number of carbonyl (C=O) groups is 2. The van der Waals surface area contributed by atoms with E-state index in [1.54, 1.807) is 59.2 Å². The summed E-state index contributed by atoms with van der Waals surface area (Å²) in [5.74, 6) is -5.73. The maximum absolute atomic E-state index is 14.5. The molecule has 0 unspecified atom stereocenters. The topological polar surface area (TPSA) is 102 Å². The van der Waals surface area contributed by atoms with Gasteiger partial charge in [-0.1, -0.05) is 78.9 Å². The van der Waals surface area contributed by atoms with Gasteiger partial charge < -0.3 is 26.4 Å². The van der Waals surface area contributed by atoms with Crippen LogP contribution in [-0.4, -0.2) is 42.6 Å². The quantitative estimate of drug-likeness (QED) is 0.0789. The smallest absolute Gasteiger partial charge is 0.419 e. The number of rotatable bonds is 12. The fraction of sp³-hybridized carbons (Fsp3) is 0.224. The molecular formula is C49H38F16N4O3. The number of phenols is 1. The minimum atomic E-state index is -5.17. The number of carbonyl (C=O) groups excluding carboxylic acids is 2. The summed E-state index contributed by atoms with van der Waals surface area (Å²) < 4.78 is 214. The van der Waals surface area contributed by atoms with Gasteiger partial charge in [-0.3, -0.25) is 0 Å². The molecule has 0 fully saturated rings. The van der Waals surface area contributed by atoms with Crippen LogP contribution in [0.15, 0.2) is 133 Å². The molecule has 0 bridgehead atoms. The van der Waals surface area contributed by atoms with E-state index >= 15 is 0 Å². The van der Waals surface area contributed by atoms with Crippen molar-refractivity contribution in [2.24, 2.45) is 0 Å². The monoisotopic (exact) mass is 1030 g/mol. The van der Waals surface area contributed by atoms with E-state index in [1.165, 1.54) is 25.1 Å². The number of urea groups is 2. The van der Waals surface area contributed by atoms with Gasteiger partial charge in [0, 0.05) is 18.9 Å². The molecule has 2 atom stereocenters. The van der Waals surface area contributed by atoms with Gasteiger partial charge in [-0.25, -0.2) is 27.2 Å². The average Bonchev–Trinajstić information content (AvgIpc) is 3.26. The summed E-state index contributed by atoms with van der Waals surface area (Å²) in [7, 11) is 0. The summed E-state index contributed by atoms with van der Waals surface area (Å²) >= 11 is 0. The van der Waals surface area contributed by atoms with Gasteiger partial charge >= 0.3 is 36.8 Å². The molecule has 7 nitrogen and oxygen atoms in total. The third-order valence-corrected chi connectivity index (χ3v) is 10.6. The predicted molar refractivity (Wildman–Crippen MR) is 229 cm³/mol. The first-order valence-corrected chi connectivity index (χ1v) is 20.7. The number of nitrogens with one attached hydrogen (secondary N) is 4. The van der Waals surface area contributed by atoms with E-state index in [0.717, 1.165) is 36.4 Å². The van der Waals surface area contributed by atoms with Gasteiger partial charge in [0.05, 0.1) is 22.2 Å². The third kappa shape index (κ3) is 14.8. The van der Waals surface area contributed by atoms with Gasteiger partial charge in [0.1, 0.15) is 42.1 Å². The summed E-state index contributed by atoms with van der Waals surface area (Å²) in [6.45, 7) is -2.00. The lowest BCUT2D eigenvalue weighted by Gasteiger charge is -2.37. The van der Waals surface area contributed by atoms with Crippen molar-refractivity contribution >= 4 is 12.1 Å². The Morgan fingerprint density at radius 2 is 0.833 bits per heavy atom. The van der Waals surface area contributed by atoms with Crippen LogP contribution in [0, 0.1) is 30.2 Å². The Morgan fingerprint density at radius 3 is 1.18 bits per heavy atom. The van der Waals surface area contributed by atoms with Crippen molar-refractivity contribution in [3.8, 4) is 5.75 Å². The van der Waals surface area contributed by atoms with Gasteiger partial charge in [-0.2, -0.15) is 52.7 Å². The van der Waals surface area contributed by atoms with Crippen LogP contribution >= 0.6 is 0 Å². The number of aromatic hydroxyl groups is 1. The lowest BCUT2D eigenvalue weighted by Crippen LogP contribution is -2.53. The van der Waals surface area contributed by atoms with Gasteiger partial charge in [-0.05, 0) is 94.4 Å². The number of hydrogen-bond acceptors (Lipinski definition) is 3. The Labute approximate surface area is 398 Å². The van der Waals surface area contributed by atoms with Crippen molar-refractivity contribution in [1.29, 1.82) is 0 Å². The molecule has 6 aromatic rings. The SMILES string of the molecule is Cc1cc(F)cc([C@](Cc2ccccc2)(NC(=O)NCC(F)(F)F)c2ccc(F)c(C(F)(F)F)c2)c1.O=C(NCC(F)(F)F)N[C@@](Cc1ccccc1)(c1cc(O)cc(F)c1)c1ccc(F)c(C(F)(F)F)c1. The summed E-state index contributed by atoms with van der Waals surface area (Å²) in [5, 5.41) is 17.7. The number of amides is 4. The second-order valence-electron chi connectivity index (χ2n) is 16.1. The fourth-order valence-electron chi connectivity index (χ4n) is 7.58. The van der Waals surface area contributed by atoms with Crippen molar-refractivity contribution in [2.75, 3.05) is 13.1 Å². The number of aryl methyl sites for hydroxylation is 1. The molecular weight excluding hydrogens is 997 g/mol. The lowest BCUT2D eigenvalue weighted by atomic mass is 9.77. The molecule has 0 spiro atoms. The molecule has 72 heavy (non-hydrogen) atoms. The summed E-state index contributed by atoms with van der Waals surface area (Å²) in [6.07, 6.45) is -20.6. The molecule has 0 aliphatic carbocycles. The first-order chi connectivity index (χ1) is 33.4. The molecule has 0 radical (unpaired) electrons. The molecule has 0 saturated carbocycles. The Morgan fingerprint density at radius 1 is 0.458 bits per heavy atom. The van der Waals surface area contributed by atoms with Gasteiger partial charge in [0.25, 0.3) is 0 Å². The van der Waals surface area contributed by atoms with Crippen LogP contribution in [0.2, 0.25) is 0 Å². The number of hydrogen-bond donors (Lipinski definition) is 5. The Bertz CT molecular complexity index is 2610. The second kappa shape index (κ2) is 21.9. The van der Waals surface area contributed by atoms with Crippen LogP contribution in [0.5, 0.6) is 5.75 Å². The second-order valence-corrected chi connectivity index (χ2v) is 16.1. The van der Waals surface area contributed by atoms with Crippen molar-refractivity contribution in [1.82, 2.24) is 21.3 Å². The van der Waals surface area contributed by atoms with E-state index in [-0.39, 0.29) is 23.1 Å².